The number of benzene rings is 2. The second-order valence-electron chi connectivity index (χ2n) is 4.16. The number of para-hydroxylation sites is 1. The van der Waals surface area contributed by atoms with Crippen LogP contribution in [-0.4, -0.2) is 6.54 Å². The number of nitrogens with two attached hydrogens (primary N) is 1. The van der Waals surface area contributed by atoms with Crippen LogP contribution in [0.3, 0.4) is 0 Å². The molecule has 2 aromatic rings. The summed E-state index contributed by atoms with van der Waals surface area (Å²) in [4.78, 5) is 0. The Morgan fingerprint density at radius 2 is 1.86 bits per heavy atom. The van der Waals surface area contributed by atoms with Crippen molar-refractivity contribution >= 4 is 23.2 Å². The number of halogens is 3. The average Bonchev–Trinajstić information content (AvgIpc) is 2.47. The lowest BCUT2D eigenvalue weighted by Gasteiger charge is -2.10. The van der Waals surface area contributed by atoms with E-state index in [2.05, 4.69) is 11.8 Å². The van der Waals surface area contributed by atoms with E-state index in [9.17, 15) is 4.39 Å². The third-order valence-electron chi connectivity index (χ3n) is 2.66. The molecule has 0 spiro atoms. The van der Waals surface area contributed by atoms with Crippen LogP contribution >= 0.6 is 23.2 Å². The van der Waals surface area contributed by atoms with Crippen LogP contribution in [0, 0.1) is 17.7 Å². The molecule has 0 bridgehead atoms. The highest BCUT2D eigenvalue weighted by atomic mass is 35.5. The summed E-state index contributed by atoms with van der Waals surface area (Å²) >= 11 is 12.0. The first-order valence-electron chi connectivity index (χ1n) is 6.16. The molecule has 0 atom stereocenters. The van der Waals surface area contributed by atoms with Gasteiger partial charge in [0.2, 0.25) is 0 Å². The summed E-state index contributed by atoms with van der Waals surface area (Å²) in [5, 5.41) is 0.848. The number of hydrogen-bond acceptors (Lipinski definition) is 2. The number of hydrogen-bond donors (Lipinski definition) is 1. The van der Waals surface area contributed by atoms with E-state index in [0.717, 1.165) is 5.56 Å². The molecule has 0 aliphatic carbocycles. The van der Waals surface area contributed by atoms with Crippen LogP contribution in [0.5, 0.6) is 5.75 Å². The Bertz CT molecular complexity index is 687. The first kappa shape index (κ1) is 15.7. The minimum absolute atomic E-state index is 0.176. The van der Waals surface area contributed by atoms with E-state index in [4.69, 9.17) is 33.7 Å². The molecule has 108 valence electrons. The Labute approximate surface area is 132 Å². The number of rotatable bonds is 3. The quantitative estimate of drug-likeness (QED) is 0.866. The topological polar surface area (TPSA) is 35.2 Å². The molecule has 0 saturated heterocycles. The normalized spacial score (nSPS) is 9.90. The maximum atomic E-state index is 13.6. The SMILES string of the molecule is NCC#Cc1cc(COc2c(Cl)cccc2Cl)ccc1F. The Balaban J connectivity index is 2.17. The van der Waals surface area contributed by atoms with Gasteiger partial charge in [-0.05, 0) is 29.8 Å². The van der Waals surface area contributed by atoms with Gasteiger partial charge in [-0.25, -0.2) is 4.39 Å². The zero-order valence-corrected chi connectivity index (χ0v) is 12.5. The van der Waals surface area contributed by atoms with Crippen LogP contribution in [-0.2, 0) is 6.61 Å². The van der Waals surface area contributed by atoms with Crippen molar-refractivity contribution in [1.29, 1.82) is 0 Å². The predicted molar refractivity (Wildman–Crippen MR) is 83.1 cm³/mol. The lowest BCUT2D eigenvalue weighted by atomic mass is 10.1. The van der Waals surface area contributed by atoms with Crippen LogP contribution in [0.25, 0.3) is 0 Å². The summed E-state index contributed by atoms with van der Waals surface area (Å²) in [5.41, 5.74) is 6.32. The third kappa shape index (κ3) is 4.12. The van der Waals surface area contributed by atoms with E-state index < -0.39 is 5.82 Å². The van der Waals surface area contributed by atoms with Crippen molar-refractivity contribution in [2.45, 2.75) is 6.61 Å². The summed E-state index contributed by atoms with van der Waals surface area (Å²) in [6, 6.07) is 9.68. The molecule has 0 fully saturated rings. The molecule has 0 heterocycles. The first-order valence-corrected chi connectivity index (χ1v) is 6.91. The van der Waals surface area contributed by atoms with Gasteiger partial charge in [0.05, 0.1) is 22.2 Å². The summed E-state index contributed by atoms with van der Waals surface area (Å²) in [5.74, 6) is 5.31. The Kier molecular flexibility index (Phi) is 5.46. The van der Waals surface area contributed by atoms with Crippen LogP contribution in [0.15, 0.2) is 36.4 Å². The second kappa shape index (κ2) is 7.33. The van der Waals surface area contributed by atoms with Gasteiger partial charge < -0.3 is 10.5 Å². The monoisotopic (exact) mass is 323 g/mol. The molecule has 0 aliphatic heterocycles. The fourth-order valence-electron chi connectivity index (χ4n) is 1.68. The molecule has 2 nitrogen and oxygen atoms in total. The standard InChI is InChI=1S/C16H12Cl2FNO/c17-13-4-1-5-14(18)16(13)21-10-11-6-7-15(19)12(9-11)3-2-8-20/h1,4-7,9H,8,10,20H2. The van der Waals surface area contributed by atoms with Gasteiger partial charge in [-0.15, -0.1) is 0 Å². The molecule has 0 amide bonds. The van der Waals surface area contributed by atoms with Crippen molar-refractivity contribution in [3.05, 3.63) is 63.4 Å². The predicted octanol–water partition coefficient (Wildman–Crippen LogP) is 4.02. The molecule has 21 heavy (non-hydrogen) atoms. The zero-order valence-electron chi connectivity index (χ0n) is 11.0. The van der Waals surface area contributed by atoms with Crippen LogP contribution < -0.4 is 10.5 Å². The highest BCUT2D eigenvalue weighted by Gasteiger charge is 2.08. The van der Waals surface area contributed by atoms with Crippen LogP contribution in [0.4, 0.5) is 4.39 Å². The van der Waals surface area contributed by atoms with Crippen molar-refractivity contribution in [2.75, 3.05) is 6.54 Å². The molecule has 2 rings (SSSR count). The smallest absolute Gasteiger partial charge is 0.156 e. The molecular weight excluding hydrogens is 312 g/mol. The summed E-state index contributed by atoms with van der Waals surface area (Å²) in [6.45, 7) is 0.385. The van der Waals surface area contributed by atoms with Crippen molar-refractivity contribution < 1.29 is 9.13 Å². The molecule has 2 N–H and O–H groups in total. The van der Waals surface area contributed by atoms with E-state index in [1.807, 2.05) is 0 Å². The molecule has 0 radical (unpaired) electrons. The first-order chi connectivity index (χ1) is 10.1. The minimum Gasteiger partial charge on any atom is -0.486 e. The summed E-state index contributed by atoms with van der Waals surface area (Å²) < 4.78 is 19.2. The third-order valence-corrected chi connectivity index (χ3v) is 3.25. The number of ether oxygens (including phenoxy) is 1. The zero-order chi connectivity index (χ0) is 15.2. The van der Waals surface area contributed by atoms with Gasteiger partial charge in [0.25, 0.3) is 0 Å². The molecule has 0 aliphatic rings. The lowest BCUT2D eigenvalue weighted by molar-refractivity contribution is 0.306. The maximum absolute atomic E-state index is 13.6. The lowest BCUT2D eigenvalue weighted by Crippen LogP contribution is -1.99. The van der Waals surface area contributed by atoms with Gasteiger partial charge in [0.15, 0.2) is 5.75 Å². The Morgan fingerprint density at radius 3 is 2.52 bits per heavy atom. The maximum Gasteiger partial charge on any atom is 0.156 e. The summed E-state index contributed by atoms with van der Waals surface area (Å²) in [7, 11) is 0. The van der Waals surface area contributed by atoms with E-state index in [-0.39, 0.29) is 18.7 Å². The average molecular weight is 324 g/mol. The molecule has 5 heteroatoms. The van der Waals surface area contributed by atoms with Gasteiger partial charge in [-0.3, -0.25) is 0 Å². The fraction of sp³-hybridized carbons (Fsp3) is 0.125. The van der Waals surface area contributed by atoms with Crippen LogP contribution in [0.1, 0.15) is 11.1 Å². The highest BCUT2D eigenvalue weighted by molar-refractivity contribution is 6.37. The molecular formula is C16H12Cl2FNO. The molecule has 0 aromatic heterocycles. The van der Waals surface area contributed by atoms with Crippen LogP contribution in [0.2, 0.25) is 10.0 Å². The molecule has 0 saturated carbocycles. The highest BCUT2D eigenvalue weighted by Crippen LogP contribution is 2.32. The molecule has 2 aromatic carbocycles. The fourth-order valence-corrected chi connectivity index (χ4v) is 2.19. The second-order valence-corrected chi connectivity index (χ2v) is 4.97. The van der Waals surface area contributed by atoms with Crippen molar-refractivity contribution in [1.82, 2.24) is 0 Å². The summed E-state index contributed by atoms with van der Waals surface area (Å²) in [6.07, 6.45) is 0. The van der Waals surface area contributed by atoms with E-state index in [0.29, 0.717) is 15.8 Å². The Morgan fingerprint density at radius 1 is 1.14 bits per heavy atom. The van der Waals surface area contributed by atoms with E-state index in [1.54, 1.807) is 30.3 Å². The van der Waals surface area contributed by atoms with Gasteiger partial charge in [-0.1, -0.05) is 47.2 Å². The van der Waals surface area contributed by atoms with Crippen molar-refractivity contribution in [3.8, 4) is 17.6 Å². The largest absolute Gasteiger partial charge is 0.486 e. The van der Waals surface area contributed by atoms with E-state index >= 15 is 0 Å². The minimum atomic E-state index is -0.393. The van der Waals surface area contributed by atoms with Gasteiger partial charge >= 0.3 is 0 Å². The van der Waals surface area contributed by atoms with Gasteiger partial charge in [0.1, 0.15) is 12.4 Å². The van der Waals surface area contributed by atoms with Crippen molar-refractivity contribution in [3.63, 3.8) is 0 Å². The molecule has 0 unspecified atom stereocenters. The van der Waals surface area contributed by atoms with Gasteiger partial charge in [0, 0.05) is 0 Å². The van der Waals surface area contributed by atoms with E-state index in [1.165, 1.54) is 6.07 Å². The Hall–Kier alpha value is -1.73. The van der Waals surface area contributed by atoms with Gasteiger partial charge in [-0.2, -0.15) is 0 Å². The van der Waals surface area contributed by atoms with Crippen molar-refractivity contribution in [2.24, 2.45) is 5.73 Å².